The van der Waals surface area contributed by atoms with Crippen molar-refractivity contribution in [3.63, 3.8) is 0 Å². The number of rotatable bonds is 1. The Hall–Kier alpha value is -1.84. The molecule has 1 aromatic heterocycles. The zero-order valence-electron chi connectivity index (χ0n) is 9.69. The highest BCUT2D eigenvalue weighted by molar-refractivity contribution is 5.59. The first kappa shape index (κ1) is 10.7. The number of hydrogen-bond donors (Lipinski definition) is 1. The van der Waals surface area contributed by atoms with Crippen LogP contribution in [0.5, 0.6) is 0 Å². The molecule has 1 heterocycles. The van der Waals surface area contributed by atoms with Gasteiger partial charge in [-0.05, 0) is 18.2 Å². The molecule has 84 valence electrons. The fraction of sp³-hybridized carbons (Fsp3) is 0.333. The van der Waals surface area contributed by atoms with Gasteiger partial charge in [0.1, 0.15) is 0 Å². The first-order valence-corrected chi connectivity index (χ1v) is 5.17. The van der Waals surface area contributed by atoms with E-state index >= 15 is 0 Å². The van der Waals surface area contributed by atoms with Gasteiger partial charge in [-0.1, -0.05) is 32.0 Å². The van der Waals surface area contributed by atoms with E-state index in [1.807, 2.05) is 45.0 Å². The predicted molar refractivity (Wildman–Crippen MR) is 62.8 cm³/mol. The highest BCUT2D eigenvalue weighted by atomic mass is 16.5. The molecule has 4 heteroatoms. The van der Waals surface area contributed by atoms with Gasteiger partial charge in [-0.3, -0.25) is 0 Å². The molecule has 0 saturated heterocycles. The number of anilines is 1. The molecule has 2 N–H and O–H groups in total. The molecule has 0 radical (unpaired) electrons. The second-order valence-corrected chi connectivity index (χ2v) is 4.80. The smallest absolute Gasteiger partial charge is 0.258 e. The third-order valence-electron chi connectivity index (χ3n) is 2.23. The van der Waals surface area contributed by atoms with Gasteiger partial charge >= 0.3 is 0 Å². The monoisotopic (exact) mass is 217 g/mol. The maximum Gasteiger partial charge on any atom is 0.258 e. The number of aromatic nitrogens is 2. The maximum atomic E-state index is 5.70. The van der Waals surface area contributed by atoms with Gasteiger partial charge < -0.3 is 10.3 Å². The highest BCUT2D eigenvalue weighted by Gasteiger charge is 2.21. The average Bonchev–Trinajstić information content (AvgIpc) is 2.65. The minimum Gasteiger partial charge on any atom is -0.399 e. The third kappa shape index (κ3) is 2.05. The number of nitrogens with two attached hydrogens (primary N) is 1. The van der Waals surface area contributed by atoms with Crippen LogP contribution >= 0.6 is 0 Å². The Kier molecular flexibility index (Phi) is 2.42. The van der Waals surface area contributed by atoms with Crippen LogP contribution in [0.1, 0.15) is 26.6 Å². The van der Waals surface area contributed by atoms with Crippen molar-refractivity contribution in [2.75, 3.05) is 5.73 Å². The molecule has 0 atom stereocenters. The van der Waals surface area contributed by atoms with Crippen LogP contribution in [-0.4, -0.2) is 10.1 Å². The Bertz CT molecular complexity index is 497. The Morgan fingerprint density at radius 1 is 1.25 bits per heavy atom. The molecule has 0 spiro atoms. The summed E-state index contributed by atoms with van der Waals surface area (Å²) < 4.78 is 5.22. The molecule has 4 nitrogen and oxygen atoms in total. The Balaban J connectivity index is 2.39. The average molecular weight is 217 g/mol. The standard InChI is InChI=1S/C12H15N3O/c1-12(2,3)11-14-10(16-15-11)8-5-4-6-9(13)7-8/h4-7H,13H2,1-3H3. The van der Waals surface area contributed by atoms with Crippen LogP contribution in [0, 0.1) is 0 Å². The van der Waals surface area contributed by atoms with Crippen molar-refractivity contribution in [2.24, 2.45) is 0 Å². The lowest BCUT2D eigenvalue weighted by molar-refractivity contribution is 0.402. The molecular weight excluding hydrogens is 202 g/mol. The van der Waals surface area contributed by atoms with Crippen molar-refractivity contribution in [2.45, 2.75) is 26.2 Å². The summed E-state index contributed by atoms with van der Waals surface area (Å²) in [6.07, 6.45) is 0. The second kappa shape index (κ2) is 3.63. The molecule has 0 aliphatic heterocycles. The van der Waals surface area contributed by atoms with E-state index in [1.165, 1.54) is 0 Å². The van der Waals surface area contributed by atoms with E-state index in [1.54, 1.807) is 0 Å². The summed E-state index contributed by atoms with van der Waals surface area (Å²) in [5.74, 6) is 1.21. The maximum absolute atomic E-state index is 5.70. The molecule has 0 aliphatic rings. The van der Waals surface area contributed by atoms with Crippen LogP contribution < -0.4 is 5.73 Å². The third-order valence-corrected chi connectivity index (χ3v) is 2.23. The number of hydrogen-bond acceptors (Lipinski definition) is 4. The minimum absolute atomic E-state index is 0.109. The largest absolute Gasteiger partial charge is 0.399 e. The minimum atomic E-state index is -0.109. The second-order valence-electron chi connectivity index (χ2n) is 4.80. The quantitative estimate of drug-likeness (QED) is 0.746. The van der Waals surface area contributed by atoms with E-state index in [-0.39, 0.29) is 5.41 Å². The summed E-state index contributed by atoms with van der Waals surface area (Å²) in [5, 5.41) is 3.97. The topological polar surface area (TPSA) is 64.9 Å². The van der Waals surface area contributed by atoms with Crippen molar-refractivity contribution in [1.82, 2.24) is 10.1 Å². The molecule has 0 saturated carbocycles. The van der Waals surface area contributed by atoms with Gasteiger partial charge in [0.2, 0.25) is 0 Å². The SMILES string of the molecule is CC(C)(C)c1noc(-c2cccc(N)c2)n1. The van der Waals surface area contributed by atoms with Gasteiger partial charge in [-0.25, -0.2) is 0 Å². The van der Waals surface area contributed by atoms with Crippen molar-refractivity contribution < 1.29 is 4.52 Å². The lowest BCUT2D eigenvalue weighted by atomic mass is 9.96. The zero-order valence-corrected chi connectivity index (χ0v) is 9.69. The fourth-order valence-corrected chi connectivity index (χ4v) is 1.32. The summed E-state index contributed by atoms with van der Waals surface area (Å²) in [7, 11) is 0. The first-order chi connectivity index (χ1) is 7.47. The highest BCUT2D eigenvalue weighted by Crippen LogP contribution is 2.24. The summed E-state index contributed by atoms with van der Waals surface area (Å²) in [5.41, 5.74) is 7.13. The Morgan fingerprint density at radius 2 is 2.00 bits per heavy atom. The summed E-state index contributed by atoms with van der Waals surface area (Å²) >= 11 is 0. The van der Waals surface area contributed by atoms with Crippen LogP contribution in [0.4, 0.5) is 5.69 Å². The summed E-state index contributed by atoms with van der Waals surface area (Å²) in [4.78, 5) is 4.36. The van der Waals surface area contributed by atoms with Crippen molar-refractivity contribution in [1.29, 1.82) is 0 Å². The van der Waals surface area contributed by atoms with Crippen LogP contribution in [0.15, 0.2) is 28.8 Å². The zero-order chi connectivity index (χ0) is 11.8. The van der Waals surface area contributed by atoms with Gasteiger partial charge in [-0.15, -0.1) is 0 Å². The van der Waals surface area contributed by atoms with Gasteiger partial charge in [-0.2, -0.15) is 4.98 Å². The number of nitrogens with zero attached hydrogens (tertiary/aromatic N) is 2. The lowest BCUT2D eigenvalue weighted by Crippen LogP contribution is -2.13. The molecule has 0 bridgehead atoms. The van der Waals surface area contributed by atoms with Crippen molar-refractivity contribution >= 4 is 5.69 Å². The van der Waals surface area contributed by atoms with Gasteiger partial charge in [0.25, 0.3) is 5.89 Å². The number of nitrogen functional groups attached to an aromatic ring is 1. The first-order valence-electron chi connectivity index (χ1n) is 5.17. The van der Waals surface area contributed by atoms with Gasteiger partial charge in [0, 0.05) is 16.7 Å². The van der Waals surface area contributed by atoms with Gasteiger partial charge in [0.05, 0.1) is 0 Å². The van der Waals surface area contributed by atoms with Crippen LogP contribution in [0.2, 0.25) is 0 Å². The normalized spacial score (nSPS) is 11.7. The van der Waals surface area contributed by atoms with Crippen LogP contribution in [0.25, 0.3) is 11.5 Å². The molecule has 2 aromatic rings. The molecule has 1 aromatic carbocycles. The van der Waals surface area contributed by atoms with Gasteiger partial charge in [0.15, 0.2) is 5.82 Å². The van der Waals surface area contributed by atoms with E-state index < -0.39 is 0 Å². The van der Waals surface area contributed by atoms with E-state index in [4.69, 9.17) is 10.3 Å². The fourth-order valence-electron chi connectivity index (χ4n) is 1.32. The van der Waals surface area contributed by atoms with E-state index in [0.29, 0.717) is 17.4 Å². The van der Waals surface area contributed by atoms with E-state index in [2.05, 4.69) is 10.1 Å². The van der Waals surface area contributed by atoms with E-state index in [0.717, 1.165) is 5.56 Å². The van der Waals surface area contributed by atoms with Crippen molar-refractivity contribution in [3.8, 4) is 11.5 Å². The lowest BCUT2D eigenvalue weighted by Gasteiger charge is -2.10. The molecule has 2 rings (SSSR count). The Labute approximate surface area is 94.5 Å². The summed E-state index contributed by atoms with van der Waals surface area (Å²) in [6, 6.07) is 7.41. The van der Waals surface area contributed by atoms with E-state index in [9.17, 15) is 0 Å². The van der Waals surface area contributed by atoms with Crippen LogP contribution in [0.3, 0.4) is 0 Å². The molecular formula is C12H15N3O. The predicted octanol–water partition coefficient (Wildman–Crippen LogP) is 2.62. The molecule has 0 amide bonds. The number of benzene rings is 1. The van der Waals surface area contributed by atoms with Crippen LogP contribution in [-0.2, 0) is 5.41 Å². The Morgan fingerprint density at radius 3 is 2.56 bits per heavy atom. The molecule has 0 aliphatic carbocycles. The molecule has 16 heavy (non-hydrogen) atoms. The molecule has 0 unspecified atom stereocenters. The molecule has 0 fully saturated rings. The summed E-state index contributed by atoms with van der Waals surface area (Å²) in [6.45, 7) is 6.13. The van der Waals surface area contributed by atoms with Crippen molar-refractivity contribution in [3.05, 3.63) is 30.1 Å².